The molecule has 1 saturated heterocycles. The van der Waals surface area contributed by atoms with Crippen LogP contribution in [-0.4, -0.2) is 50.9 Å². The van der Waals surface area contributed by atoms with Crippen molar-refractivity contribution in [2.24, 2.45) is 0 Å². The molecule has 2 N–H and O–H groups in total. The van der Waals surface area contributed by atoms with E-state index in [1.54, 1.807) is 18.2 Å². The fourth-order valence-electron chi connectivity index (χ4n) is 5.02. The molecule has 0 saturated carbocycles. The molecule has 1 aliphatic heterocycles. The van der Waals surface area contributed by atoms with E-state index in [1.807, 2.05) is 29.2 Å². The number of fused-ring (bicyclic) bond motifs is 1. The molecule has 5 nitrogen and oxygen atoms in total. The zero-order valence-electron chi connectivity index (χ0n) is 21.1. The van der Waals surface area contributed by atoms with Gasteiger partial charge in [0.15, 0.2) is 0 Å². The maximum atomic E-state index is 10.1. The van der Waals surface area contributed by atoms with Crippen LogP contribution in [0.3, 0.4) is 0 Å². The maximum Gasteiger partial charge on any atom is 0.119 e. The van der Waals surface area contributed by atoms with Gasteiger partial charge in [0.2, 0.25) is 0 Å². The van der Waals surface area contributed by atoms with E-state index in [0.29, 0.717) is 6.54 Å². The number of rotatable bonds is 7. The van der Waals surface area contributed by atoms with Crippen LogP contribution in [0.25, 0.3) is 22.2 Å². The van der Waals surface area contributed by atoms with Crippen molar-refractivity contribution in [1.29, 1.82) is 0 Å². The van der Waals surface area contributed by atoms with Crippen LogP contribution in [0, 0.1) is 6.92 Å². The number of hydrogen-bond donors (Lipinski definition) is 2. The maximum absolute atomic E-state index is 10.1. The Morgan fingerprint density at radius 3 is 2.19 bits per heavy atom. The Labute approximate surface area is 227 Å². The van der Waals surface area contributed by atoms with E-state index in [0.717, 1.165) is 46.6 Å². The number of aromatic nitrogens is 1. The van der Waals surface area contributed by atoms with Gasteiger partial charge in [-0.3, -0.25) is 4.90 Å². The second-order valence-electron chi connectivity index (χ2n) is 9.20. The lowest BCUT2D eigenvalue weighted by molar-refractivity contribution is 0.183. The second-order valence-corrected chi connectivity index (χ2v) is 9.20. The summed E-state index contributed by atoms with van der Waals surface area (Å²) in [5.41, 5.74) is 5.47. The normalized spacial score (nSPS) is 13.9. The summed E-state index contributed by atoms with van der Waals surface area (Å²) < 4.78 is 8.29. The molecule has 1 aliphatic rings. The van der Waals surface area contributed by atoms with E-state index in [-0.39, 0.29) is 11.5 Å². The van der Waals surface area contributed by atoms with Crippen molar-refractivity contribution >= 4 is 33.5 Å². The fraction of sp³-hybridized carbons (Fsp3) is 0.333. The van der Waals surface area contributed by atoms with Gasteiger partial charge in [0, 0.05) is 24.0 Å². The highest BCUT2D eigenvalue weighted by Gasteiger charge is 2.17. The zero-order chi connectivity index (χ0) is 25.5. The SMILES string of the molecule is CI.Cc1c(-c2ccc(O)cc2)n(Cc2ccc(OCCN3CCCCC3)cc2)c2ccc(O)cc12. The van der Waals surface area contributed by atoms with Crippen LogP contribution in [0.5, 0.6) is 17.2 Å². The molecule has 0 unspecified atom stereocenters. The lowest BCUT2D eigenvalue weighted by Crippen LogP contribution is -2.33. The van der Waals surface area contributed by atoms with Crippen LogP contribution in [0.4, 0.5) is 0 Å². The van der Waals surface area contributed by atoms with Gasteiger partial charge in [0.1, 0.15) is 23.9 Å². The first-order chi connectivity index (χ1) is 17.6. The molecule has 3 aromatic carbocycles. The topological polar surface area (TPSA) is 57.9 Å². The summed E-state index contributed by atoms with van der Waals surface area (Å²) in [5, 5.41) is 20.9. The van der Waals surface area contributed by atoms with Crippen molar-refractivity contribution in [1.82, 2.24) is 9.47 Å². The van der Waals surface area contributed by atoms with E-state index in [1.165, 1.54) is 37.9 Å². The Morgan fingerprint density at radius 1 is 0.833 bits per heavy atom. The highest BCUT2D eigenvalue weighted by molar-refractivity contribution is 14.1. The zero-order valence-corrected chi connectivity index (χ0v) is 23.2. The average molecular weight is 599 g/mol. The van der Waals surface area contributed by atoms with Gasteiger partial charge in [0.25, 0.3) is 0 Å². The van der Waals surface area contributed by atoms with Crippen molar-refractivity contribution in [3.8, 4) is 28.5 Å². The molecule has 5 rings (SSSR count). The monoisotopic (exact) mass is 598 g/mol. The minimum Gasteiger partial charge on any atom is -0.508 e. The molecule has 0 bridgehead atoms. The number of hydrogen-bond acceptors (Lipinski definition) is 4. The fourth-order valence-corrected chi connectivity index (χ4v) is 5.02. The Morgan fingerprint density at radius 2 is 1.50 bits per heavy atom. The van der Waals surface area contributed by atoms with Gasteiger partial charge in [-0.25, -0.2) is 0 Å². The number of likely N-dealkylation sites (tertiary alicyclic amines) is 1. The van der Waals surface area contributed by atoms with Crippen molar-refractivity contribution in [3.63, 3.8) is 0 Å². The van der Waals surface area contributed by atoms with Crippen LogP contribution in [0.15, 0.2) is 66.7 Å². The van der Waals surface area contributed by atoms with Gasteiger partial charge in [-0.2, -0.15) is 0 Å². The molecule has 0 radical (unpaired) electrons. The molecule has 0 atom stereocenters. The first kappa shape index (κ1) is 26.4. The molecule has 4 aromatic rings. The number of phenolic OH excluding ortho intramolecular Hbond substituents is 2. The van der Waals surface area contributed by atoms with Crippen molar-refractivity contribution in [2.75, 3.05) is 31.2 Å². The van der Waals surface area contributed by atoms with Gasteiger partial charge < -0.3 is 19.5 Å². The minimum atomic E-state index is 0.248. The van der Waals surface area contributed by atoms with E-state index in [9.17, 15) is 10.2 Å². The van der Waals surface area contributed by atoms with E-state index >= 15 is 0 Å². The first-order valence-corrected chi connectivity index (χ1v) is 14.7. The molecular weight excluding hydrogens is 563 g/mol. The molecule has 1 fully saturated rings. The third-order valence-corrected chi connectivity index (χ3v) is 6.83. The summed E-state index contributed by atoms with van der Waals surface area (Å²) in [6.45, 7) is 6.86. The quantitative estimate of drug-likeness (QED) is 0.178. The number of aromatic hydroxyl groups is 2. The minimum absolute atomic E-state index is 0.248. The van der Waals surface area contributed by atoms with Crippen LogP contribution in [-0.2, 0) is 6.54 Å². The van der Waals surface area contributed by atoms with Crippen LogP contribution < -0.4 is 4.74 Å². The smallest absolute Gasteiger partial charge is 0.119 e. The largest absolute Gasteiger partial charge is 0.508 e. The molecule has 0 spiro atoms. The number of nitrogens with zero attached hydrogens (tertiary/aromatic N) is 2. The Bertz CT molecular complexity index is 1260. The number of benzene rings is 3. The Kier molecular flexibility index (Phi) is 9.15. The molecule has 190 valence electrons. The van der Waals surface area contributed by atoms with Crippen LogP contribution in [0.2, 0.25) is 0 Å². The van der Waals surface area contributed by atoms with Gasteiger partial charge >= 0.3 is 0 Å². The third kappa shape index (κ3) is 6.16. The van der Waals surface area contributed by atoms with Gasteiger partial charge in [-0.1, -0.05) is 41.1 Å². The summed E-state index contributed by atoms with van der Waals surface area (Å²) in [4.78, 5) is 4.46. The lowest BCUT2D eigenvalue weighted by Gasteiger charge is -2.26. The number of alkyl halides is 1. The average Bonchev–Trinajstić information content (AvgIpc) is 3.18. The highest BCUT2D eigenvalue weighted by Crippen LogP contribution is 2.36. The third-order valence-electron chi connectivity index (χ3n) is 6.83. The predicted molar refractivity (Wildman–Crippen MR) is 157 cm³/mol. The van der Waals surface area contributed by atoms with E-state index in [2.05, 4.69) is 63.2 Å². The second kappa shape index (κ2) is 12.5. The summed E-state index contributed by atoms with van der Waals surface area (Å²) >= 11 is 2.15. The molecule has 0 amide bonds. The Balaban J connectivity index is 0.00000148. The summed E-state index contributed by atoms with van der Waals surface area (Å²) in [5.74, 6) is 1.41. The molecule has 1 aromatic heterocycles. The molecule has 36 heavy (non-hydrogen) atoms. The number of ether oxygens (including phenoxy) is 1. The summed E-state index contributed by atoms with van der Waals surface area (Å²) in [6.07, 6.45) is 3.95. The van der Waals surface area contributed by atoms with Gasteiger partial charge in [-0.15, -0.1) is 0 Å². The van der Waals surface area contributed by atoms with E-state index in [4.69, 9.17) is 4.74 Å². The van der Waals surface area contributed by atoms with Crippen LogP contribution in [0.1, 0.15) is 30.4 Å². The standard InChI is InChI=1S/C29H32N2O3.CH3I/c1-21-27-19-25(33)11-14-28(27)31(29(21)23-7-9-24(32)10-8-23)20-22-5-12-26(13-6-22)34-18-17-30-15-3-2-4-16-30;1-2/h5-14,19,32-33H,2-4,15-18,20H2,1H3;1H3. The van der Waals surface area contributed by atoms with Crippen molar-refractivity contribution in [3.05, 3.63) is 77.9 Å². The van der Waals surface area contributed by atoms with Gasteiger partial charge in [-0.05, 0) is 109 Å². The summed E-state index contributed by atoms with van der Waals surface area (Å²) in [6, 6.07) is 21.2. The van der Waals surface area contributed by atoms with Crippen LogP contribution >= 0.6 is 22.6 Å². The molecule has 2 heterocycles. The molecular formula is C30H35IN2O3. The first-order valence-electron chi connectivity index (χ1n) is 12.5. The number of piperidine rings is 1. The molecule has 6 heteroatoms. The summed E-state index contributed by atoms with van der Waals surface area (Å²) in [7, 11) is 0. The van der Waals surface area contributed by atoms with E-state index < -0.39 is 0 Å². The number of aryl methyl sites for hydroxylation is 1. The van der Waals surface area contributed by atoms with Crippen molar-refractivity contribution in [2.45, 2.75) is 32.7 Å². The van der Waals surface area contributed by atoms with Crippen molar-refractivity contribution < 1.29 is 14.9 Å². The lowest BCUT2D eigenvalue weighted by atomic mass is 10.1. The number of phenols is 2. The Hall–Kier alpha value is -2.71. The highest BCUT2D eigenvalue weighted by atomic mass is 127. The number of halogens is 1. The predicted octanol–water partition coefficient (Wildman–Crippen LogP) is 6.99. The molecule has 0 aliphatic carbocycles. The van der Waals surface area contributed by atoms with Gasteiger partial charge in [0.05, 0.1) is 5.69 Å².